The third-order valence-corrected chi connectivity index (χ3v) is 3.98. The van der Waals surface area contributed by atoms with Gasteiger partial charge in [-0.15, -0.1) is 0 Å². The Morgan fingerprint density at radius 3 is 2.53 bits per heavy atom. The molecule has 96 valence electrons. The van der Waals surface area contributed by atoms with Crippen molar-refractivity contribution in [1.82, 2.24) is 10.2 Å². The predicted octanol–water partition coefficient (Wildman–Crippen LogP) is 1.10. The van der Waals surface area contributed by atoms with E-state index in [2.05, 4.69) is 10.2 Å². The number of Topliss-reactive ketones (excluding diaryl/α,β-unsaturated/α-hetero) is 1. The van der Waals surface area contributed by atoms with Crippen LogP contribution in [0.5, 0.6) is 0 Å². The van der Waals surface area contributed by atoms with Gasteiger partial charge >= 0.3 is 0 Å². The smallest absolute Gasteiger partial charge is 0.237 e. The third kappa shape index (κ3) is 2.51. The Labute approximate surface area is 103 Å². The van der Waals surface area contributed by atoms with Crippen molar-refractivity contribution >= 4 is 11.7 Å². The maximum atomic E-state index is 12.0. The summed E-state index contributed by atoms with van der Waals surface area (Å²) in [6.45, 7) is 4.76. The van der Waals surface area contributed by atoms with E-state index < -0.39 is 0 Å². The zero-order valence-corrected chi connectivity index (χ0v) is 10.7. The molecule has 4 heteroatoms. The summed E-state index contributed by atoms with van der Waals surface area (Å²) in [5.74, 6) is 0.480. The van der Waals surface area contributed by atoms with Crippen molar-refractivity contribution in [3.05, 3.63) is 0 Å². The molecule has 1 N–H and O–H groups in total. The molecule has 2 heterocycles. The van der Waals surface area contributed by atoms with E-state index in [1.165, 1.54) is 0 Å². The minimum atomic E-state index is -0.0906. The Morgan fingerprint density at radius 2 is 2.00 bits per heavy atom. The minimum Gasteiger partial charge on any atom is -0.355 e. The average Bonchev–Trinajstić information content (AvgIpc) is 2.57. The van der Waals surface area contributed by atoms with Crippen LogP contribution in [0.3, 0.4) is 0 Å². The molecule has 2 rings (SSSR count). The lowest BCUT2D eigenvalue weighted by atomic mass is 9.99. The molecular formula is C13H22N2O2. The highest BCUT2D eigenvalue weighted by atomic mass is 16.2. The van der Waals surface area contributed by atoms with Gasteiger partial charge in [0.15, 0.2) is 0 Å². The van der Waals surface area contributed by atoms with E-state index in [4.69, 9.17) is 0 Å². The van der Waals surface area contributed by atoms with Crippen LogP contribution in [0.4, 0.5) is 0 Å². The molecule has 0 saturated carbocycles. The second-order valence-corrected chi connectivity index (χ2v) is 5.25. The number of ketones is 1. The lowest BCUT2D eigenvalue weighted by molar-refractivity contribution is -0.132. The maximum absolute atomic E-state index is 12.0. The van der Waals surface area contributed by atoms with Crippen molar-refractivity contribution < 1.29 is 9.59 Å². The van der Waals surface area contributed by atoms with Crippen molar-refractivity contribution in [2.75, 3.05) is 6.54 Å². The summed E-state index contributed by atoms with van der Waals surface area (Å²) in [5.41, 5.74) is 0. The van der Waals surface area contributed by atoms with Gasteiger partial charge in [-0.1, -0.05) is 6.92 Å². The summed E-state index contributed by atoms with van der Waals surface area (Å²) >= 11 is 0. The molecule has 0 radical (unpaired) electrons. The van der Waals surface area contributed by atoms with Crippen LogP contribution in [0, 0.1) is 0 Å². The number of nitrogens with zero attached hydrogens (tertiary/aromatic N) is 1. The normalized spacial score (nSPS) is 30.4. The van der Waals surface area contributed by atoms with Crippen LogP contribution < -0.4 is 5.32 Å². The van der Waals surface area contributed by atoms with Gasteiger partial charge in [0.1, 0.15) is 5.78 Å². The number of hydrogen-bond acceptors (Lipinski definition) is 3. The molecule has 3 unspecified atom stereocenters. The highest BCUT2D eigenvalue weighted by Crippen LogP contribution is 2.35. The number of amides is 1. The molecular weight excluding hydrogens is 216 g/mol. The van der Waals surface area contributed by atoms with Gasteiger partial charge in [0, 0.05) is 31.5 Å². The number of fused-ring (bicyclic) bond motifs is 2. The van der Waals surface area contributed by atoms with E-state index in [9.17, 15) is 9.59 Å². The Kier molecular flexibility index (Phi) is 3.82. The zero-order chi connectivity index (χ0) is 12.4. The van der Waals surface area contributed by atoms with Crippen LogP contribution in [0.25, 0.3) is 0 Å². The number of nitrogens with one attached hydrogen (secondary N) is 1. The first-order valence-corrected chi connectivity index (χ1v) is 6.70. The molecule has 2 fully saturated rings. The van der Waals surface area contributed by atoms with Gasteiger partial charge in [0.25, 0.3) is 0 Å². The van der Waals surface area contributed by atoms with Crippen molar-refractivity contribution in [1.29, 1.82) is 0 Å². The first-order valence-electron chi connectivity index (χ1n) is 6.70. The van der Waals surface area contributed by atoms with Gasteiger partial charge in [0.2, 0.25) is 5.91 Å². The van der Waals surface area contributed by atoms with E-state index in [-0.39, 0.29) is 11.9 Å². The summed E-state index contributed by atoms with van der Waals surface area (Å²) < 4.78 is 0. The quantitative estimate of drug-likeness (QED) is 0.798. The molecule has 0 spiro atoms. The predicted molar refractivity (Wildman–Crippen MR) is 65.7 cm³/mol. The highest BCUT2D eigenvalue weighted by Gasteiger charge is 2.43. The summed E-state index contributed by atoms with van der Waals surface area (Å²) in [4.78, 5) is 25.7. The SMILES string of the molecule is CCCNC(=O)C(C)N1C2CCC1CC(=O)C2. The van der Waals surface area contributed by atoms with Gasteiger partial charge in [-0.05, 0) is 26.2 Å². The monoisotopic (exact) mass is 238 g/mol. The number of rotatable bonds is 4. The van der Waals surface area contributed by atoms with Gasteiger partial charge in [0.05, 0.1) is 6.04 Å². The summed E-state index contributed by atoms with van der Waals surface area (Å²) in [5, 5.41) is 2.94. The Morgan fingerprint density at radius 1 is 1.41 bits per heavy atom. The Balaban J connectivity index is 1.98. The molecule has 2 bridgehead atoms. The van der Waals surface area contributed by atoms with E-state index in [1.807, 2.05) is 13.8 Å². The Hall–Kier alpha value is -0.900. The van der Waals surface area contributed by atoms with E-state index >= 15 is 0 Å². The molecule has 4 nitrogen and oxygen atoms in total. The number of carbonyl (C=O) groups excluding carboxylic acids is 2. The second kappa shape index (κ2) is 5.17. The van der Waals surface area contributed by atoms with Gasteiger partial charge in [-0.2, -0.15) is 0 Å². The standard InChI is InChI=1S/C13H22N2O2/c1-3-6-14-13(17)9(2)15-10-4-5-11(15)8-12(16)7-10/h9-11H,3-8H2,1-2H3,(H,14,17). The molecule has 0 aromatic rings. The van der Waals surface area contributed by atoms with Gasteiger partial charge < -0.3 is 5.32 Å². The second-order valence-electron chi connectivity index (χ2n) is 5.25. The van der Waals surface area contributed by atoms with Gasteiger partial charge in [-0.3, -0.25) is 14.5 Å². The molecule has 2 aliphatic rings. The molecule has 0 aromatic carbocycles. The third-order valence-electron chi connectivity index (χ3n) is 3.98. The molecule has 2 aliphatic heterocycles. The van der Waals surface area contributed by atoms with Crippen LogP contribution >= 0.6 is 0 Å². The largest absolute Gasteiger partial charge is 0.355 e. The van der Waals surface area contributed by atoms with E-state index in [0.717, 1.165) is 25.8 Å². The molecule has 2 saturated heterocycles. The zero-order valence-electron chi connectivity index (χ0n) is 10.7. The van der Waals surface area contributed by atoms with Crippen LogP contribution in [-0.4, -0.2) is 41.3 Å². The minimum absolute atomic E-state index is 0.0906. The maximum Gasteiger partial charge on any atom is 0.237 e. The molecule has 0 aromatic heterocycles. The van der Waals surface area contributed by atoms with Crippen molar-refractivity contribution in [3.63, 3.8) is 0 Å². The van der Waals surface area contributed by atoms with Gasteiger partial charge in [-0.25, -0.2) is 0 Å². The van der Waals surface area contributed by atoms with Crippen LogP contribution in [0.1, 0.15) is 46.0 Å². The fourth-order valence-corrected chi connectivity index (χ4v) is 3.17. The van der Waals surface area contributed by atoms with Crippen LogP contribution in [-0.2, 0) is 9.59 Å². The molecule has 3 atom stereocenters. The molecule has 1 amide bonds. The van der Waals surface area contributed by atoms with Crippen LogP contribution in [0.2, 0.25) is 0 Å². The summed E-state index contributed by atoms with van der Waals surface area (Å²) in [6, 6.07) is 0.527. The topological polar surface area (TPSA) is 49.4 Å². The van der Waals surface area contributed by atoms with Crippen molar-refractivity contribution in [2.45, 2.75) is 64.1 Å². The van der Waals surface area contributed by atoms with Crippen molar-refractivity contribution in [2.24, 2.45) is 0 Å². The number of carbonyl (C=O) groups is 2. The highest BCUT2D eigenvalue weighted by molar-refractivity contribution is 5.84. The Bertz CT molecular complexity index is 301. The first kappa shape index (κ1) is 12.6. The fourth-order valence-electron chi connectivity index (χ4n) is 3.17. The van der Waals surface area contributed by atoms with E-state index in [1.54, 1.807) is 0 Å². The van der Waals surface area contributed by atoms with Crippen LogP contribution in [0.15, 0.2) is 0 Å². The first-order chi connectivity index (χ1) is 8.13. The van der Waals surface area contributed by atoms with E-state index in [0.29, 0.717) is 30.7 Å². The summed E-state index contributed by atoms with van der Waals surface area (Å²) in [7, 11) is 0. The average molecular weight is 238 g/mol. The van der Waals surface area contributed by atoms with Crippen molar-refractivity contribution in [3.8, 4) is 0 Å². The lowest BCUT2D eigenvalue weighted by Crippen LogP contribution is -2.53. The molecule has 17 heavy (non-hydrogen) atoms. The number of piperidine rings is 1. The summed E-state index contributed by atoms with van der Waals surface area (Å²) in [6.07, 6.45) is 4.39. The molecule has 0 aliphatic carbocycles. The lowest BCUT2D eigenvalue weighted by Gasteiger charge is -2.37. The number of hydrogen-bond donors (Lipinski definition) is 1. The fraction of sp³-hybridized carbons (Fsp3) is 0.846.